The van der Waals surface area contributed by atoms with Crippen molar-refractivity contribution in [3.05, 3.63) is 35.9 Å². The van der Waals surface area contributed by atoms with Crippen LogP contribution in [-0.2, 0) is 4.79 Å². The third-order valence-corrected chi connectivity index (χ3v) is 3.89. The zero-order valence-corrected chi connectivity index (χ0v) is 12.3. The average molecular weight is 310 g/mol. The number of carbonyl (C=O) groups excluding carboxylic acids is 1. The van der Waals surface area contributed by atoms with Crippen LogP contribution in [0.25, 0.3) is 0 Å². The number of amides is 1. The number of hydrogen-bond acceptors (Lipinski definition) is 1. The molecule has 1 aliphatic rings. The minimum atomic E-state index is 0.203. The second-order valence-corrected chi connectivity index (χ2v) is 6.64. The molecule has 1 fully saturated rings. The van der Waals surface area contributed by atoms with Crippen molar-refractivity contribution in [2.75, 3.05) is 6.54 Å². The summed E-state index contributed by atoms with van der Waals surface area (Å²) in [5.41, 5.74) is 1.30. The van der Waals surface area contributed by atoms with Gasteiger partial charge in [-0.2, -0.15) is 0 Å². The summed E-state index contributed by atoms with van der Waals surface area (Å²) in [6, 6.07) is 10.3. The van der Waals surface area contributed by atoms with Gasteiger partial charge >= 0.3 is 0 Å². The highest BCUT2D eigenvalue weighted by atomic mass is 79.9. The third kappa shape index (κ3) is 3.84. The normalized spacial score (nSPS) is 23.4. The van der Waals surface area contributed by atoms with E-state index in [9.17, 15) is 4.79 Å². The molecule has 3 atom stereocenters. The Kier molecular flexibility index (Phi) is 4.81. The molecule has 0 spiro atoms. The van der Waals surface area contributed by atoms with Crippen LogP contribution in [0.5, 0.6) is 0 Å². The smallest absolute Gasteiger partial charge is 0.223 e. The molecular formula is C15H20BrNO. The van der Waals surface area contributed by atoms with Gasteiger partial charge in [-0.25, -0.2) is 0 Å². The zero-order chi connectivity index (χ0) is 13.0. The van der Waals surface area contributed by atoms with Crippen LogP contribution in [0.15, 0.2) is 30.3 Å². The molecule has 0 aliphatic heterocycles. The van der Waals surface area contributed by atoms with Crippen molar-refractivity contribution >= 4 is 21.8 Å². The average Bonchev–Trinajstić information content (AvgIpc) is 3.15. The second-order valence-electron chi connectivity index (χ2n) is 5.07. The summed E-state index contributed by atoms with van der Waals surface area (Å²) in [4.78, 5) is 12.4. The Bertz CT molecular complexity index is 391. The number of carbonyl (C=O) groups is 1. The van der Waals surface area contributed by atoms with E-state index in [0.29, 0.717) is 10.7 Å². The molecule has 2 nitrogen and oxygen atoms in total. The first kappa shape index (κ1) is 13.6. The lowest BCUT2D eigenvalue weighted by atomic mass is 10.1. The summed E-state index contributed by atoms with van der Waals surface area (Å²) < 4.78 is 0. The summed E-state index contributed by atoms with van der Waals surface area (Å²) in [6.07, 6.45) is 3.15. The van der Waals surface area contributed by atoms with Crippen molar-refractivity contribution in [2.45, 2.75) is 36.9 Å². The molecule has 18 heavy (non-hydrogen) atoms. The minimum absolute atomic E-state index is 0.203. The van der Waals surface area contributed by atoms with Crippen molar-refractivity contribution in [1.29, 1.82) is 0 Å². The van der Waals surface area contributed by atoms with Gasteiger partial charge in [0, 0.05) is 17.3 Å². The molecule has 2 rings (SSSR count). The fourth-order valence-electron chi connectivity index (χ4n) is 2.28. The zero-order valence-electron chi connectivity index (χ0n) is 10.7. The predicted octanol–water partition coefficient (Wildman–Crippen LogP) is 3.47. The molecule has 1 aromatic rings. The summed E-state index contributed by atoms with van der Waals surface area (Å²) >= 11 is 3.51. The molecule has 3 unspecified atom stereocenters. The van der Waals surface area contributed by atoms with E-state index >= 15 is 0 Å². The number of rotatable bonds is 6. The highest BCUT2D eigenvalue weighted by Gasteiger charge is 2.43. The van der Waals surface area contributed by atoms with Crippen molar-refractivity contribution in [3.63, 3.8) is 0 Å². The Balaban J connectivity index is 1.70. The van der Waals surface area contributed by atoms with Crippen LogP contribution >= 0.6 is 15.9 Å². The lowest BCUT2D eigenvalue weighted by Crippen LogP contribution is -2.26. The number of alkyl halides is 1. The minimum Gasteiger partial charge on any atom is -0.356 e. The molecule has 98 valence electrons. The van der Waals surface area contributed by atoms with E-state index in [1.165, 1.54) is 5.56 Å². The van der Waals surface area contributed by atoms with E-state index in [1.807, 2.05) is 18.2 Å². The van der Waals surface area contributed by atoms with Crippen molar-refractivity contribution in [3.8, 4) is 0 Å². The summed E-state index contributed by atoms with van der Waals surface area (Å²) in [5, 5.41) is 3.04. The van der Waals surface area contributed by atoms with Gasteiger partial charge in [-0.3, -0.25) is 4.79 Å². The van der Waals surface area contributed by atoms with Crippen molar-refractivity contribution in [1.82, 2.24) is 5.32 Å². The Morgan fingerprint density at radius 1 is 1.44 bits per heavy atom. The highest BCUT2D eigenvalue weighted by Crippen LogP contribution is 2.47. The van der Waals surface area contributed by atoms with Gasteiger partial charge in [0.15, 0.2) is 0 Å². The lowest BCUT2D eigenvalue weighted by molar-refractivity contribution is -0.122. The Hall–Kier alpha value is -0.830. The SMILES string of the molecule is CC(Br)CCCNC(=O)C1CC1c1ccccc1. The Morgan fingerprint density at radius 3 is 2.83 bits per heavy atom. The van der Waals surface area contributed by atoms with Crippen LogP contribution in [-0.4, -0.2) is 17.3 Å². The van der Waals surface area contributed by atoms with Gasteiger partial charge < -0.3 is 5.32 Å². The monoisotopic (exact) mass is 309 g/mol. The lowest BCUT2D eigenvalue weighted by Gasteiger charge is -2.06. The topological polar surface area (TPSA) is 29.1 Å². The molecule has 0 saturated heterocycles. The highest BCUT2D eigenvalue weighted by molar-refractivity contribution is 9.09. The standard InChI is InChI=1S/C15H20BrNO/c1-11(16)6-5-9-17-15(18)14-10-13(14)12-7-3-2-4-8-12/h2-4,7-8,11,13-14H,5-6,9-10H2,1H3,(H,17,18). The fraction of sp³-hybridized carbons (Fsp3) is 0.533. The number of benzene rings is 1. The molecule has 1 aromatic carbocycles. The number of nitrogens with one attached hydrogen (secondary N) is 1. The first-order valence-corrected chi connectivity index (χ1v) is 7.57. The van der Waals surface area contributed by atoms with Crippen LogP contribution in [0.3, 0.4) is 0 Å². The molecule has 1 N–H and O–H groups in total. The fourth-order valence-corrected chi connectivity index (χ4v) is 2.60. The summed E-state index contributed by atoms with van der Waals surface area (Å²) in [5.74, 6) is 0.876. The largest absolute Gasteiger partial charge is 0.356 e. The molecule has 0 heterocycles. The molecule has 1 saturated carbocycles. The third-order valence-electron chi connectivity index (χ3n) is 3.43. The summed E-state index contributed by atoms with van der Waals surface area (Å²) in [6.45, 7) is 2.93. The van der Waals surface area contributed by atoms with Gasteiger partial charge in [-0.05, 0) is 30.7 Å². The van der Waals surface area contributed by atoms with E-state index in [4.69, 9.17) is 0 Å². The van der Waals surface area contributed by atoms with E-state index in [-0.39, 0.29) is 11.8 Å². The van der Waals surface area contributed by atoms with Gasteiger partial charge in [0.25, 0.3) is 0 Å². The first-order valence-electron chi connectivity index (χ1n) is 6.65. The first-order chi connectivity index (χ1) is 8.68. The maximum atomic E-state index is 11.9. The van der Waals surface area contributed by atoms with Gasteiger partial charge in [-0.1, -0.05) is 53.2 Å². The molecule has 3 heteroatoms. The molecular weight excluding hydrogens is 290 g/mol. The molecule has 1 amide bonds. The quantitative estimate of drug-likeness (QED) is 0.632. The van der Waals surface area contributed by atoms with E-state index in [2.05, 4.69) is 40.3 Å². The van der Waals surface area contributed by atoms with Crippen LogP contribution in [0.4, 0.5) is 0 Å². The second kappa shape index (κ2) is 6.37. The maximum absolute atomic E-state index is 11.9. The van der Waals surface area contributed by atoms with E-state index < -0.39 is 0 Å². The predicted molar refractivity (Wildman–Crippen MR) is 77.9 cm³/mol. The number of halogens is 1. The van der Waals surface area contributed by atoms with Crippen molar-refractivity contribution < 1.29 is 4.79 Å². The van der Waals surface area contributed by atoms with Crippen LogP contribution in [0, 0.1) is 5.92 Å². The number of hydrogen-bond donors (Lipinski definition) is 1. The van der Waals surface area contributed by atoms with E-state index in [0.717, 1.165) is 25.8 Å². The summed E-state index contributed by atoms with van der Waals surface area (Å²) in [7, 11) is 0. The maximum Gasteiger partial charge on any atom is 0.223 e. The van der Waals surface area contributed by atoms with Crippen LogP contribution in [0.2, 0.25) is 0 Å². The van der Waals surface area contributed by atoms with Gasteiger partial charge in [0.2, 0.25) is 5.91 Å². The molecule has 0 aromatic heterocycles. The van der Waals surface area contributed by atoms with Crippen molar-refractivity contribution in [2.24, 2.45) is 5.92 Å². The van der Waals surface area contributed by atoms with E-state index in [1.54, 1.807) is 0 Å². The van der Waals surface area contributed by atoms with Crippen LogP contribution in [0.1, 0.15) is 37.7 Å². The van der Waals surface area contributed by atoms with Gasteiger partial charge in [0.05, 0.1) is 0 Å². The van der Waals surface area contributed by atoms with Gasteiger partial charge in [-0.15, -0.1) is 0 Å². The molecule has 1 aliphatic carbocycles. The molecule has 0 bridgehead atoms. The molecule has 0 radical (unpaired) electrons. The Morgan fingerprint density at radius 2 is 2.17 bits per heavy atom. The van der Waals surface area contributed by atoms with Gasteiger partial charge in [0.1, 0.15) is 0 Å². The van der Waals surface area contributed by atoms with Crippen LogP contribution < -0.4 is 5.32 Å². The Labute approximate surface area is 117 Å².